The molecular weight excluding hydrogens is 154 g/mol. The number of hydrogen-bond acceptors (Lipinski definition) is 3. The molecular formula is C5H13NO3S. The van der Waals surface area contributed by atoms with Crippen molar-refractivity contribution < 1.29 is 17.9 Å². The van der Waals surface area contributed by atoms with Crippen LogP contribution in [-0.2, 0) is 10.1 Å². The lowest BCUT2D eigenvalue weighted by Gasteiger charge is -1.92. The minimum absolute atomic E-state index is 0.354. The maximum absolute atomic E-state index is 9.33. The second-order valence-electron chi connectivity index (χ2n) is 2.16. The van der Waals surface area contributed by atoms with E-state index >= 15 is 0 Å². The molecule has 0 unspecified atom stereocenters. The van der Waals surface area contributed by atoms with Gasteiger partial charge in [0, 0.05) is 5.41 Å². The molecule has 0 heterocycles. The average Bonchev–Trinajstić information content (AvgIpc) is 1.63. The van der Waals surface area contributed by atoms with Gasteiger partial charge in [0.15, 0.2) is 0 Å². The molecule has 0 aliphatic carbocycles. The smallest absolute Gasteiger partial charge is 0.116 e. The fraction of sp³-hybridized carbons (Fsp3) is 0.600. The molecule has 5 heteroatoms. The molecule has 62 valence electrons. The van der Waals surface area contributed by atoms with Crippen molar-refractivity contribution in [2.24, 2.45) is 0 Å². The van der Waals surface area contributed by atoms with Crippen LogP contribution in [-0.4, -0.2) is 34.1 Å². The summed E-state index contributed by atoms with van der Waals surface area (Å²) in [6.07, 6.45) is 0. The highest BCUT2D eigenvalue weighted by Crippen LogP contribution is 1.75. The third-order valence-electron chi connectivity index (χ3n) is 0.204. The van der Waals surface area contributed by atoms with Crippen LogP contribution in [0.1, 0.15) is 0 Å². The van der Waals surface area contributed by atoms with E-state index in [1.54, 1.807) is 0 Å². The Morgan fingerprint density at radius 2 is 1.50 bits per heavy atom. The Bertz CT molecular complexity index is 157. The van der Waals surface area contributed by atoms with Gasteiger partial charge in [0.05, 0.1) is 21.1 Å². The van der Waals surface area contributed by atoms with Gasteiger partial charge in [0.25, 0.3) is 0 Å². The fourth-order valence-electron chi connectivity index (χ4n) is 0. The summed E-state index contributed by atoms with van der Waals surface area (Å²) in [4.78, 5) is 1.42. The highest BCUT2D eigenvalue weighted by molar-refractivity contribution is 7.88. The first-order valence-electron chi connectivity index (χ1n) is 2.64. The topological polar surface area (TPSA) is 61.6 Å². The highest BCUT2D eigenvalue weighted by Gasteiger charge is 1.73. The Labute approximate surface area is 61.9 Å². The quantitative estimate of drug-likeness (QED) is 0.480. The van der Waals surface area contributed by atoms with Crippen molar-refractivity contribution in [1.29, 1.82) is 0 Å². The summed E-state index contributed by atoms with van der Waals surface area (Å²) < 4.78 is 28.0. The number of nitrogens with one attached hydrogen (secondary N) is 1. The first-order valence-corrected chi connectivity index (χ1v) is 4.12. The summed E-state index contributed by atoms with van der Waals surface area (Å²) in [5, 5.41) is 0.354. The van der Waals surface area contributed by atoms with E-state index in [0.29, 0.717) is 5.41 Å². The third kappa shape index (κ3) is 48.8. The number of hydrogen-bond donors (Lipinski definition) is 1. The lowest BCUT2D eigenvalue weighted by atomic mass is 11.0. The van der Waals surface area contributed by atoms with Gasteiger partial charge in [-0.25, -0.2) is 8.42 Å². The predicted molar refractivity (Wildman–Crippen MR) is 38.6 cm³/mol. The van der Waals surface area contributed by atoms with Gasteiger partial charge in [-0.15, -0.1) is 0 Å². The minimum atomic E-state index is -4.15. The van der Waals surface area contributed by atoms with Gasteiger partial charge < -0.3 is 9.45 Å². The minimum Gasteiger partial charge on any atom is -0.745 e. The van der Waals surface area contributed by atoms with Gasteiger partial charge in [-0.05, 0) is 0 Å². The highest BCUT2D eigenvalue weighted by atomic mass is 32.2. The summed E-state index contributed by atoms with van der Waals surface area (Å²) in [6, 6.07) is 0. The molecule has 4 nitrogen and oxygen atoms in total. The SMILES string of the molecule is C=CS(=O)(=O)[O-].C[NH+](C)C. The van der Waals surface area contributed by atoms with Crippen LogP contribution in [0.4, 0.5) is 0 Å². The second kappa shape index (κ2) is 5.40. The lowest BCUT2D eigenvalue weighted by molar-refractivity contribution is -0.836. The third-order valence-corrected chi connectivity index (χ3v) is 0.612. The molecule has 0 aliphatic rings. The molecule has 0 rings (SSSR count). The van der Waals surface area contributed by atoms with Crippen LogP contribution in [0.2, 0.25) is 0 Å². The molecule has 0 aliphatic heterocycles. The van der Waals surface area contributed by atoms with E-state index in [0.717, 1.165) is 0 Å². The molecule has 0 atom stereocenters. The van der Waals surface area contributed by atoms with Crippen LogP contribution in [0.15, 0.2) is 12.0 Å². The molecule has 0 fully saturated rings. The molecule has 0 aromatic carbocycles. The van der Waals surface area contributed by atoms with E-state index < -0.39 is 10.1 Å². The van der Waals surface area contributed by atoms with Crippen molar-refractivity contribution in [2.45, 2.75) is 0 Å². The Morgan fingerprint density at radius 1 is 1.40 bits per heavy atom. The Kier molecular flexibility index (Phi) is 6.64. The van der Waals surface area contributed by atoms with Crippen molar-refractivity contribution in [2.75, 3.05) is 21.1 Å². The summed E-state index contributed by atoms with van der Waals surface area (Å²) in [5.74, 6) is 0. The Hall–Kier alpha value is -0.390. The van der Waals surface area contributed by atoms with E-state index in [2.05, 4.69) is 27.7 Å². The van der Waals surface area contributed by atoms with E-state index in [-0.39, 0.29) is 0 Å². The van der Waals surface area contributed by atoms with Crippen molar-refractivity contribution in [3.05, 3.63) is 12.0 Å². The van der Waals surface area contributed by atoms with Crippen LogP contribution in [0.25, 0.3) is 0 Å². The van der Waals surface area contributed by atoms with Crippen LogP contribution in [0.3, 0.4) is 0 Å². The van der Waals surface area contributed by atoms with Gasteiger partial charge in [-0.3, -0.25) is 0 Å². The zero-order valence-corrected chi connectivity index (χ0v) is 7.23. The van der Waals surface area contributed by atoms with Gasteiger partial charge >= 0.3 is 0 Å². The van der Waals surface area contributed by atoms with Crippen LogP contribution >= 0.6 is 0 Å². The zero-order valence-electron chi connectivity index (χ0n) is 6.42. The molecule has 10 heavy (non-hydrogen) atoms. The summed E-state index contributed by atoms with van der Waals surface area (Å²) in [6.45, 7) is 2.73. The fourth-order valence-corrected chi connectivity index (χ4v) is 0. The average molecular weight is 167 g/mol. The molecule has 0 aromatic rings. The van der Waals surface area contributed by atoms with Crippen molar-refractivity contribution in [3.8, 4) is 0 Å². The number of rotatable bonds is 1. The van der Waals surface area contributed by atoms with Gasteiger partial charge in [-0.1, -0.05) is 6.58 Å². The lowest BCUT2D eigenvalue weighted by Crippen LogP contribution is -3.02. The molecule has 0 amide bonds. The first kappa shape index (κ1) is 12.3. The maximum atomic E-state index is 9.33. The number of quaternary nitrogens is 1. The molecule has 0 aromatic heterocycles. The molecule has 0 saturated carbocycles. The van der Waals surface area contributed by atoms with Crippen LogP contribution in [0, 0.1) is 0 Å². The molecule has 0 saturated heterocycles. The Balaban J connectivity index is 0. The molecule has 0 spiro atoms. The molecule has 0 bridgehead atoms. The van der Waals surface area contributed by atoms with Crippen LogP contribution in [0.5, 0.6) is 0 Å². The Morgan fingerprint density at radius 3 is 1.50 bits per heavy atom. The summed E-state index contributed by atoms with van der Waals surface area (Å²) in [5.41, 5.74) is 0. The largest absolute Gasteiger partial charge is 0.745 e. The van der Waals surface area contributed by atoms with Gasteiger partial charge in [0.1, 0.15) is 10.1 Å². The zero-order chi connectivity index (χ0) is 8.78. The van der Waals surface area contributed by atoms with E-state index in [4.69, 9.17) is 0 Å². The van der Waals surface area contributed by atoms with Gasteiger partial charge in [-0.2, -0.15) is 0 Å². The first-order chi connectivity index (χ1) is 4.29. The normalized spacial score (nSPS) is 10.1. The van der Waals surface area contributed by atoms with Gasteiger partial charge in [0.2, 0.25) is 0 Å². The van der Waals surface area contributed by atoms with E-state index in [1.165, 1.54) is 4.90 Å². The standard InChI is InChI=1S/C3H9N.C2H4O3S/c1-4(2)3;1-2-6(3,4)5/h1-3H3;2H,1H2,(H,3,4,5). The molecule has 1 N–H and O–H groups in total. The summed E-state index contributed by atoms with van der Waals surface area (Å²) in [7, 11) is 2.10. The molecule has 0 radical (unpaired) electrons. The van der Waals surface area contributed by atoms with Crippen molar-refractivity contribution >= 4 is 10.1 Å². The maximum Gasteiger partial charge on any atom is 0.116 e. The summed E-state index contributed by atoms with van der Waals surface area (Å²) >= 11 is 0. The second-order valence-corrected chi connectivity index (χ2v) is 3.48. The van der Waals surface area contributed by atoms with Crippen molar-refractivity contribution in [3.63, 3.8) is 0 Å². The predicted octanol–water partition coefficient (Wildman–Crippen LogP) is -1.56. The monoisotopic (exact) mass is 167 g/mol. The van der Waals surface area contributed by atoms with E-state index in [9.17, 15) is 13.0 Å². The van der Waals surface area contributed by atoms with Crippen molar-refractivity contribution in [1.82, 2.24) is 0 Å². The van der Waals surface area contributed by atoms with Crippen LogP contribution < -0.4 is 4.90 Å². The van der Waals surface area contributed by atoms with E-state index in [1.807, 2.05) is 0 Å².